The van der Waals surface area contributed by atoms with Crippen molar-refractivity contribution in [2.75, 3.05) is 19.6 Å². The van der Waals surface area contributed by atoms with Gasteiger partial charge in [0.1, 0.15) is 5.82 Å². The monoisotopic (exact) mass is 233 g/mol. The standard InChI is InChI=1S/C13H16FN3/c14-11-5-3-10(4-6-11)13-12(9-15-16-13)17-7-1-2-8-17/h3-6,12,15H,1-2,7-9H2. The van der Waals surface area contributed by atoms with Crippen molar-refractivity contribution in [1.82, 2.24) is 10.3 Å². The first-order valence-electron chi connectivity index (χ1n) is 6.15. The van der Waals surface area contributed by atoms with Gasteiger partial charge >= 0.3 is 0 Å². The fourth-order valence-corrected chi connectivity index (χ4v) is 2.62. The summed E-state index contributed by atoms with van der Waals surface area (Å²) in [6.07, 6.45) is 2.54. The lowest BCUT2D eigenvalue weighted by Crippen LogP contribution is -2.40. The smallest absolute Gasteiger partial charge is 0.123 e. The van der Waals surface area contributed by atoms with Crippen molar-refractivity contribution in [3.05, 3.63) is 35.6 Å². The normalized spacial score (nSPS) is 24.8. The lowest BCUT2D eigenvalue weighted by molar-refractivity contribution is 0.304. The summed E-state index contributed by atoms with van der Waals surface area (Å²) in [5, 5.41) is 4.36. The average Bonchev–Trinajstić information content (AvgIpc) is 3.00. The van der Waals surface area contributed by atoms with Crippen LogP contribution in [-0.2, 0) is 0 Å². The number of nitrogens with one attached hydrogen (secondary N) is 1. The summed E-state index contributed by atoms with van der Waals surface area (Å²) in [4.78, 5) is 2.46. The van der Waals surface area contributed by atoms with Crippen LogP contribution in [0.2, 0.25) is 0 Å². The molecule has 0 aliphatic carbocycles. The second-order valence-corrected chi connectivity index (χ2v) is 4.63. The number of hydrogen-bond acceptors (Lipinski definition) is 3. The molecule has 2 aliphatic rings. The molecule has 0 radical (unpaired) electrons. The van der Waals surface area contributed by atoms with Crippen LogP contribution in [-0.4, -0.2) is 36.3 Å². The van der Waals surface area contributed by atoms with Crippen molar-refractivity contribution in [3.8, 4) is 0 Å². The first kappa shape index (κ1) is 10.7. The Kier molecular flexibility index (Phi) is 2.81. The third-order valence-corrected chi connectivity index (χ3v) is 3.52. The van der Waals surface area contributed by atoms with E-state index >= 15 is 0 Å². The molecule has 0 saturated carbocycles. The molecule has 90 valence electrons. The van der Waals surface area contributed by atoms with Gasteiger partial charge in [0, 0.05) is 0 Å². The Bertz CT molecular complexity index is 421. The van der Waals surface area contributed by atoms with Crippen LogP contribution in [0.3, 0.4) is 0 Å². The Hall–Kier alpha value is -1.42. The van der Waals surface area contributed by atoms with Crippen molar-refractivity contribution in [3.63, 3.8) is 0 Å². The van der Waals surface area contributed by atoms with Gasteiger partial charge in [0.2, 0.25) is 0 Å². The van der Waals surface area contributed by atoms with Gasteiger partial charge in [0.25, 0.3) is 0 Å². The van der Waals surface area contributed by atoms with Crippen LogP contribution in [0.25, 0.3) is 0 Å². The largest absolute Gasteiger partial charge is 0.308 e. The van der Waals surface area contributed by atoms with Gasteiger partial charge in [-0.3, -0.25) is 4.90 Å². The van der Waals surface area contributed by atoms with Crippen LogP contribution >= 0.6 is 0 Å². The Labute approximate surface area is 100 Å². The summed E-state index contributed by atoms with van der Waals surface area (Å²) >= 11 is 0. The van der Waals surface area contributed by atoms with E-state index in [1.165, 1.54) is 25.0 Å². The number of halogens is 1. The second-order valence-electron chi connectivity index (χ2n) is 4.63. The molecule has 0 aromatic heterocycles. The minimum atomic E-state index is -0.196. The van der Waals surface area contributed by atoms with Crippen LogP contribution in [0.4, 0.5) is 4.39 Å². The fraction of sp³-hybridized carbons (Fsp3) is 0.462. The molecule has 3 nitrogen and oxygen atoms in total. The lowest BCUT2D eigenvalue weighted by atomic mass is 10.0. The van der Waals surface area contributed by atoms with Crippen LogP contribution in [0.15, 0.2) is 29.4 Å². The molecule has 17 heavy (non-hydrogen) atoms. The van der Waals surface area contributed by atoms with Gasteiger partial charge in [-0.25, -0.2) is 4.39 Å². The van der Waals surface area contributed by atoms with Crippen molar-refractivity contribution in [2.45, 2.75) is 18.9 Å². The SMILES string of the molecule is Fc1ccc(C2=NNCC2N2CCCC2)cc1. The molecule has 1 saturated heterocycles. The average molecular weight is 233 g/mol. The lowest BCUT2D eigenvalue weighted by Gasteiger charge is -2.23. The van der Waals surface area contributed by atoms with E-state index in [0.717, 1.165) is 30.9 Å². The molecule has 1 atom stereocenters. The molecule has 1 fully saturated rings. The number of hydrazone groups is 1. The molecule has 1 unspecified atom stereocenters. The molecule has 0 amide bonds. The van der Waals surface area contributed by atoms with Gasteiger partial charge in [0.15, 0.2) is 0 Å². The molecule has 2 heterocycles. The van der Waals surface area contributed by atoms with Crippen molar-refractivity contribution < 1.29 is 4.39 Å². The fourth-order valence-electron chi connectivity index (χ4n) is 2.62. The van der Waals surface area contributed by atoms with Crippen LogP contribution in [0.5, 0.6) is 0 Å². The maximum Gasteiger partial charge on any atom is 0.123 e. The van der Waals surface area contributed by atoms with Gasteiger partial charge in [-0.05, 0) is 43.6 Å². The highest BCUT2D eigenvalue weighted by Crippen LogP contribution is 2.18. The third kappa shape index (κ3) is 2.05. The highest BCUT2D eigenvalue weighted by Gasteiger charge is 2.30. The van der Waals surface area contributed by atoms with Crippen LogP contribution in [0.1, 0.15) is 18.4 Å². The maximum atomic E-state index is 12.9. The molecular formula is C13H16FN3. The van der Waals surface area contributed by atoms with Crippen LogP contribution < -0.4 is 5.43 Å². The number of likely N-dealkylation sites (tertiary alicyclic amines) is 1. The zero-order chi connectivity index (χ0) is 11.7. The zero-order valence-electron chi connectivity index (χ0n) is 9.69. The predicted octanol–water partition coefficient (Wildman–Crippen LogP) is 1.60. The summed E-state index contributed by atoms with van der Waals surface area (Å²) in [6.45, 7) is 3.16. The molecule has 0 spiro atoms. The quantitative estimate of drug-likeness (QED) is 0.840. The first-order chi connectivity index (χ1) is 8.34. The second kappa shape index (κ2) is 4.45. The van der Waals surface area contributed by atoms with E-state index in [1.54, 1.807) is 0 Å². The van der Waals surface area contributed by atoms with E-state index < -0.39 is 0 Å². The Morgan fingerprint density at radius 1 is 1.18 bits per heavy atom. The number of rotatable bonds is 2. The highest BCUT2D eigenvalue weighted by molar-refractivity contribution is 6.05. The minimum absolute atomic E-state index is 0.196. The molecular weight excluding hydrogens is 217 g/mol. The van der Waals surface area contributed by atoms with Gasteiger partial charge in [-0.2, -0.15) is 5.10 Å². The molecule has 3 rings (SSSR count). The minimum Gasteiger partial charge on any atom is -0.308 e. The first-order valence-corrected chi connectivity index (χ1v) is 6.15. The maximum absolute atomic E-state index is 12.9. The Morgan fingerprint density at radius 2 is 1.88 bits per heavy atom. The van der Waals surface area contributed by atoms with Gasteiger partial charge < -0.3 is 5.43 Å². The van der Waals surface area contributed by atoms with E-state index in [4.69, 9.17) is 0 Å². The number of hydrogen-bond donors (Lipinski definition) is 1. The topological polar surface area (TPSA) is 27.6 Å². The van der Waals surface area contributed by atoms with Crippen LogP contribution in [0, 0.1) is 5.82 Å². The zero-order valence-corrected chi connectivity index (χ0v) is 9.69. The molecule has 1 aromatic rings. The molecule has 1 aromatic carbocycles. The number of nitrogens with zero attached hydrogens (tertiary/aromatic N) is 2. The third-order valence-electron chi connectivity index (χ3n) is 3.52. The summed E-state index contributed by atoms with van der Waals surface area (Å²) in [7, 11) is 0. The van der Waals surface area contributed by atoms with Crippen molar-refractivity contribution >= 4 is 5.71 Å². The van der Waals surface area contributed by atoms with Gasteiger partial charge in [0.05, 0.1) is 18.3 Å². The van der Waals surface area contributed by atoms with Gasteiger partial charge in [-0.15, -0.1) is 0 Å². The summed E-state index contributed by atoms with van der Waals surface area (Å²) in [5.41, 5.74) is 5.13. The summed E-state index contributed by atoms with van der Waals surface area (Å²) in [6, 6.07) is 6.96. The molecule has 0 bridgehead atoms. The Morgan fingerprint density at radius 3 is 2.59 bits per heavy atom. The predicted molar refractivity (Wildman–Crippen MR) is 65.5 cm³/mol. The molecule has 1 N–H and O–H groups in total. The van der Waals surface area contributed by atoms with Gasteiger partial charge in [-0.1, -0.05) is 12.1 Å². The number of benzene rings is 1. The summed E-state index contributed by atoms with van der Waals surface area (Å²) < 4.78 is 12.9. The highest BCUT2D eigenvalue weighted by atomic mass is 19.1. The van der Waals surface area contributed by atoms with Crippen molar-refractivity contribution in [1.29, 1.82) is 0 Å². The van der Waals surface area contributed by atoms with E-state index in [1.807, 2.05) is 12.1 Å². The molecule has 2 aliphatic heterocycles. The Balaban J connectivity index is 1.83. The summed E-state index contributed by atoms with van der Waals surface area (Å²) in [5.74, 6) is -0.196. The van der Waals surface area contributed by atoms with E-state index in [9.17, 15) is 4.39 Å². The van der Waals surface area contributed by atoms with E-state index in [2.05, 4.69) is 15.4 Å². The molecule has 4 heteroatoms. The van der Waals surface area contributed by atoms with Crippen molar-refractivity contribution in [2.24, 2.45) is 5.10 Å². The van der Waals surface area contributed by atoms with E-state index in [0.29, 0.717) is 6.04 Å². The van der Waals surface area contributed by atoms with E-state index in [-0.39, 0.29) is 5.82 Å².